The maximum absolute atomic E-state index is 13.2. The van der Waals surface area contributed by atoms with Gasteiger partial charge >= 0.3 is 12.1 Å². The topological polar surface area (TPSA) is 107 Å². The Hall–Kier alpha value is -1.89. The van der Waals surface area contributed by atoms with Gasteiger partial charge in [-0.05, 0) is 37.1 Å². The van der Waals surface area contributed by atoms with E-state index in [0.29, 0.717) is 36.8 Å². The lowest BCUT2D eigenvalue weighted by atomic mass is 10.1. The van der Waals surface area contributed by atoms with Crippen LogP contribution in [0, 0.1) is 0 Å². The molecule has 1 amide bonds. The summed E-state index contributed by atoms with van der Waals surface area (Å²) in [5.74, 6) is -2.88. The highest BCUT2D eigenvalue weighted by molar-refractivity contribution is 7.89. The Morgan fingerprint density at radius 2 is 1.57 bits per heavy atom. The minimum absolute atomic E-state index is 0.0250. The van der Waals surface area contributed by atoms with E-state index in [9.17, 15) is 26.4 Å². The van der Waals surface area contributed by atoms with E-state index in [-0.39, 0.29) is 24.2 Å². The number of hydrogen-bond donors (Lipinski definition) is 2. The minimum Gasteiger partial charge on any atom is -0.475 e. The molecule has 198 valence electrons. The van der Waals surface area contributed by atoms with Crippen LogP contribution in [0.2, 0.25) is 5.02 Å². The van der Waals surface area contributed by atoms with Gasteiger partial charge in [-0.1, -0.05) is 37.3 Å². The Bertz CT molecular complexity index is 931. The van der Waals surface area contributed by atoms with Gasteiger partial charge in [0.25, 0.3) is 5.91 Å². The lowest BCUT2D eigenvalue weighted by Crippen LogP contribution is -2.49. The van der Waals surface area contributed by atoms with Crippen molar-refractivity contribution in [3.63, 3.8) is 0 Å². The van der Waals surface area contributed by atoms with Crippen LogP contribution in [0.15, 0.2) is 24.3 Å². The summed E-state index contributed by atoms with van der Waals surface area (Å²) in [6.07, 6.45) is 1.32. The van der Waals surface area contributed by atoms with Crippen molar-refractivity contribution < 1.29 is 36.3 Å². The third-order valence-corrected chi connectivity index (χ3v) is 8.02. The van der Waals surface area contributed by atoms with Gasteiger partial charge in [0.2, 0.25) is 10.0 Å². The zero-order chi connectivity index (χ0) is 26.1. The van der Waals surface area contributed by atoms with E-state index in [4.69, 9.17) is 21.5 Å². The van der Waals surface area contributed by atoms with E-state index in [2.05, 4.69) is 5.32 Å². The Labute approximate surface area is 208 Å². The van der Waals surface area contributed by atoms with E-state index < -0.39 is 22.2 Å². The average molecular weight is 542 g/mol. The van der Waals surface area contributed by atoms with Crippen LogP contribution in [0.25, 0.3) is 0 Å². The Morgan fingerprint density at radius 3 is 2.06 bits per heavy atom. The summed E-state index contributed by atoms with van der Waals surface area (Å²) in [6, 6.07) is 6.96. The highest BCUT2D eigenvalue weighted by Gasteiger charge is 2.38. The molecule has 0 aromatic heterocycles. The minimum atomic E-state index is -5.08. The fraction of sp³-hybridized carbons (Fsp3) is 0.636. The van der Waals surface area contributed by atoms with Gasteiger partial charge in [-0.2, -0.15) is 17.5 Å². The van der Waals surface area contributed by atoms with Crippen LogP contribution < -0.4 is 5.32 Å². The van der Waals surface area contributed by atoms with Gasteiger partial charge in [0.1, 0.15) is 0 Å². The number of halogens is 4. The molecule has 8 nitrogen and oxygen atoms in total. The molecule has 3 rings (SSSR count). The smallest absolute Gasteiger partial charge is 0.475 e. The Kier molecular flexibility index (Phi) is 11.3. The molecule has 2 aliphatic rings. The van der Waals surface area contributed by atoms with E-state index >= 15 is 0 Å². The van der Waals surface area contributed by atoms with E-state index in [1.807, 2.05) is 0 Å². The molecule has 0 bridgehead atoms. The third-order valence-electron chi connectivity index (χ3n) is 5.92. The van der Waals surface area contributed by atoms with Crippen molar-refractivity contribution in [2.45, 2.75) is 50.7 Å². The Balaban J connectivity index is 0.000000540. The number of carboxylic acids is 1. The molecule has 1 saturated heterocycles. The molecule has 0 radical (unpaired) electrons. The van der Waals surface area contributed by atoms with Gasteiger partial charge < -0.3 is 15.3 Å². The summed E-state index contributed by atoms with van der Waals surface area (Å²) in [5, 5.41) is 10.9. The highest BCUT2D eigenvalue weighted by Crippen LogP contribution is 2.24. The second-order valence-electron chi connectivity index (χ2n) is 8.42. The predicted molar refractivity (Wildman–Crippen MR) is 126 cm³/mol. The first kappa shape index (κ1) is 29.3. The van der Waals surface area contributed by atoms with Crippen LogP contribution in [-0.2, 0) is 14.8 Å². The quantitative estimate of drug-likeness (QED) is 0.535. The molecule has 0 spiro atoms. The zero-order valence-corrected chi connectivity index (χ0v) is 20.8. The molecule has 0 unspecified atom stereocenters. The normalized spacial score (nSPS) is 18.2. The largest absolute Gasteiger partial charge is 0.490 e. The van der Waals surface area contributed by atoms with Crippen molar-refractivity contribution in [2.75, 3.05) is 38.5 Å². The van der Waals surface area contributed by atoms with Crippen molar-refractivity contribution in [2.24, 2.45) is 0 Å². The van der Waals surface area contributed by atoms with Gasteiger partial charge in [-0.3, -0.25) is 4.79 Å². The number of nitrogens with one attached hydrogen (secondary N) is 1. The maximum Gasteiger partial charge on any atom is 0.490 e. The van der Waals surface area contributed by atoms with Crippen LogP contribution in [0.1, 0.15) is 48.9 Å². The summed E-state index contributed by atoms with van der Waals surface area (Å²) in [7, 11) is -3.37. The third kappa shape index (κ3) is 9.59. The number of alkyl halides is 3. The van der Waals surface area contributed by atoms with E-state index in [1.165, 1.54) is 12.8 Å². The molecular weight excluding hydrogens is 511 g/mol. The summed E-state index contributed by atoms with van der Waals surface area (Å²) < 4.78 is 58.9. The molecule has 1 aromatic rings. The highest BCUT2D eigenvalue weighted by atomic mass is 35.5. The average Bonchev–Trinajstić information content (AvgIpc) is 3.09. The van der Waals surface area contributed by atoms with Crippen molar-refractivity contribution in [1.29, 1.82) is 0 Å². The maximum atomic E-state index is 13.2. The van der Waals surface area contributed by atoms with E-state index in [1.54, 1.807) is 33.5 Å². The molecule has 2 fully saturated rings. The van der Waals surface area contributed by atoms with Gasteiger partial charge in [0, 0.05) is 49.4 Å². The summed E-state index contributed by atoms with van der Waals surface area (Å²) in [6.45, 7) is 2.58. The van der Waals surface area contributed by atoms with Crippen LogP contribution in [0.4, 0.5) is 13.2 Å². The number of benzene rings is 1. The second-order valence-corrected chi connectivity index (χ2v) is 10.9. The molecule has 2 N–H and O–H groups in total. The number of piperazine rings is 1. The standard InChI is InChI=1S/C20H30ClN3O3S.C2HF3O2/c21-18-9-7-17(8-10-18)20(25)24(19-5-3-1-2-4-6-19)15-16-28(26,27)23-13-11-22-12-14-23;3-2(4,5)1(6)7/h7-10,19,22H,1-6,11-16H2;(H,6,7). The number of hydrogen-bond acceptors (Lipinski definition) is 5. The van der Waals surface area contributed by atoms with Crippen LogP contribution in [0.5, 0.6) is 0 Å². The SMILES string of the molecule is O=C(O)C(F)(F)F.O=C(c1ccc(Cl)cc1)N(CCS(=O)(=O)N1CCNCC1)C1CCCCCC1. The van der Waals surface area contributed by atoms with Crippen molar-refractivity contribution in [3.8, 4) is 0 Å². The van der Waals surface area contributed by atoms with Crippen LogP contribution in [0.3, 0.4) is 0 Å². The number of aliphatic carboxylic acids is 1. The lowest BCUT2D eigenvalue weighted by molar-refractivity contribution is -0.192. The van der Waals surface area contributed by atoms with Crippen molar-refractivity contribution in [3.05, 3.63) is 34.9 Å². The summed E-state index contributed by atoms with van der Waals surface area (Å²) in [5.41, 5.74) is 0.563. The fourth-order valence-electron chi connectivity index (χ4n) is 4.04. The first-order valence-electron chi connectivity index (χ1n) is 11.5. The van der Waals surface area contributed by atoms with Gasteiger partial charge in [-0.25, -0.2) is 13.2 Å². The molecule has 1 aliphatic carbocycles. The number of amides is 1. The summed E-state index contributed by atoms with van der Waals surface area (Å²) >= 11 is 5.96. The molecule has 1 aliphatic heterocycles. The molecule has 35 heavy (non-hydrogen) atoms. The Morgan fingerprint density at radius 1 is 1.06 bits per heavy atom. The summed E-state index contributed by atoms with van der Waals surface area (Å²) in [4.78, 5) is 23.9. The van der Waals surface area contributed by atoms with Gasteiger partial charge in [0.15, 0.2) is 0 Å². The second kappa shape index (κ2) is 13.4. The first-order valence-corrected chi connectivity index (χ1v) is 13.5. The number of carbonyl (C=O) groups excluding carboxylic acids is 1. The van der Waals surface area contributed by atoms with Gasteiger partial charge in [0.05, 0.1) is 5.75 Å². The predicted octanol–water partition coefficient (Wildman–Crippen LogP) is 3.37. The molecule has 1 saturated carbocycles. The zero-order valence-electron chi connectivity index (χ0n) is 19.3. The molecule has 13 heteroatoms. The lowest BCUT2D eigenvalue weighted by Gasteiger charge is -2.33. The van der Waals surface area contributed by atoms with Crippen LogP contribution >= 0.6 is 11.6 Å². The van der Waals surface area contributed by atoms with E-state index in [0.717, 1.165) is 25.7 Å². The van der Waals surface area contributed by atoms with Gasteiger partial charge in [-0.15, -0.1) is 0 Å². The van der Waals surface area contributed by atoms with Crippen LogP contribution in [-0.4, -0.2) is 85.3 Å². The number of carboxylic acid groups (broad SMARTS) is 1. The number of sulfonamides is 1. The number of rotatable bonds is 6. The monoisotopic (exact) mass is 541 g/mol. The van der Waals surface area contributed by atoms with Crippen molar-refractivity contribution >= 4 is 33.5 Å². The number of nitrogens with zero attached hydrogens (tertiary/aromatic N) is 2. The molecule has 0 atom stereocenters. The fourth-order valence-corrected chi connectivity index (χ4v) is 5.59. The number of carbonyl (C=O) groups is 2. The molecule has 1 aromatic carbocycles. The molecule has 1 heterocycles. The first-order chi connectivity index (χ1) is 16.4. The molecular formula is C22H31ClF3N3O5S. The van der Waals surface area contributed by atoms with Crippen molar-refractivity contribution in [1.82, 2.24) is 14.5 Å².